The van der Waals surface area contributed by atoms with E-state index >= 15 is 0 Å². The Balaban J connectivity index is 1.83. The van der Waals surface area contributed by atoms with Gasteiger partial charge in [-0.1, -0.05) is 39.7 Å². The first-order valence-corrected chi connectivity index (χ1v) is 10.2. The molecule has 1 radical (unpaired) electrons. The van der Waals surface area contributed by atoms with E-state index in [2.05, 4.69) is 44.4 Å². The SMILES string of the molecule is Cc1c(N2CC=CCC2)nc2ccc(Br)cc2c1C(=O)Nc1[c]cc(Cl)cc1. The molecule has 6 heteroatoms. The fourth-order valence-corrected chi connectivity index (χ4v) is 3.90. The van der Waals surface area contributed by atoms with Crippen LogP contribution in [0.5, 0.6) is 0 Å². The van der Waals surface area contributed by atoms with E-state index in [-0.39, 0.29) is 5.91 Å². The molecule has 1 amide bonds. The number of hydrogen-bond donors (Lipinski definition) is 1. The second kappa shape index (κ2) is 7.94. The predicted molar refractivity (Wildman–Crippen MR) is 118 cm³/mol. The number of aromatic nitrogens is 1. The summed E-state index contributed by atoms with van der Waals surface area (Å²) in [6, 6.07) is 13.9. The van der Waals surface area contributed by atoms with Crippen LogP contribution in [0, 0.1) is 13.0 Å². The molecule has 2 heterocycles. The van der Waals surface area contributed by atoms with E-state index in [1.165, 1.54) is 0 Å². The van der Waals surface area contributed by atoms with Gasteiger partial charge >= 0.3 is 0 Å². The van der Waals surface area contributed by atoms with Gasteiger partial charge in [-0.15, -0.1) is 0 Å². The van der Waals surface area contributed by atoms with E-state index in [1.54, 1.807) is 18.2 Å². The molecule has 141 valence electrons. The van der Waals surface area contributed by atoms with Gasteiger partial charge in [0.05, 0.1) is 11.1 Å². The number of rotatable bonds is 3. The van der Waals surface area contributed by atoms with Crippen LogP contribution in [0.25, 0.3) is 10.9 Å². The maximum atomic E-state index is 13.2. The zero-order valence-electron chi connectivity index (χ0n) is 15.3. The lowest BCUT2D eigenvalue weighted by Crippen LogP contribution is -2.29. The molecule has 1 N–H and O–H groups in total. The molecule has 0 unspecified atom stereocenters. The van der Waals surface area contributed by atoms with Gasteiger partial charge < -0.3 is 10.2 Å². The summed E-state index contributed by atoms with van der Waals surface area (Å²) in [7, 11) is 0. The quantitative estimate of drug-likeness (QED) is 0.509. The summed E-state index contributed by atoms with van der Waals surface area (Å²) in [5.41, 5.74) is 2.87. The van der Waals surface area contributed by atoms with E-state index < -0.39 is 0 Å². The summed E-state index contributed by atoms with van der Waals surface area (Å²) in [6.45, 7) is 3.64. The molecule has 0 fully saturated rings. The highest BCUT2D eigenvalue weighted by molar-refractivity contribution is 9.10. The Morgan fingerprint density at radius 2 is 2.14 bits per heavy atom. The molecule has 0 spiro atoms. The molecule has 0 atom stereocenters. The van der Waals surface area contributed by atoms with Crippen molar-refractivity contribution < 1.29 is 4.79 Å². The fraction of sp³-hybridized carbons (Fsp3) is 0.182. The average molecular weight is 456 g/mol. The van der Waals surface area contributed by atoms with Crippen molar-refractivity contribution in [2.75, 3.05) is 23.3 Å². The van der Waals surface area contributed by atoms with Crippen molar-refractivity contribution in [3.63, 3.8) is 0 Å². The van der Waals surface area contributed by atoms with Gasteiger partial charge in [0.15, 0.2) is 0 Å². The van der Waals surface area contributed by atoms with Crippen molar-refractivity contribution in [2.45, 2.75) is 13.3 Å². The first kappa shape index (κ1) is 19.0. The number of pyridine rings is 1. The molecule has 0 saturated heterocycles. The Morgan fingerprint density at radius 3 is 2.86 bits per heavy atom. The molecule has 1 aliphatic heterocycles. The second-order valence-corrected chi connectivity index (χ2v) is 8.03. The third kappa shape index (κ3) is 3.77. The van der Waals surface area contributed by atoms with Gasteiger partial charge in [-0.3, -0.25) is 4.79 Å². The number of benzene rings is 2. The topological polar surface area (TPSA) is 45.2 Å². The molecule has 0 saturated carbocycles. The van der Waals surface area contributed by atoms with Crippen LogP contribution in [0.3, 0.4) is 0 Å². The zero-order valence-corrected chi connectivity index (χ0v) is 17.6. The van der Waals surface area contributed by atoms with Gasteiger partial charge in [-0.05, 0) is 49.7 Å². The highest BCUT2D eigenvalue weighted by Gasteiger charge is 2.22. The number of carbonyl (C=O) groups excluding carboxylic acids is 1. The molecule has 28 heavy (non-hydrogen) atoms. The molecule has 0 aliphatic carbocycles. The monoisotopic (exact) mass is 454 g/mol. The number of anilines is 2. The van der Waals surface area contributed by atoms with Crippen molar-refractivity contribution in [2.24, 2.45) is 0 Å². The maximum Gasteiger partial charge on any atom is 0.256 e. The van der Waals surface area contributed by atoms with E-state index in [0.29, 0.717) is 16.3 Å². The fourth-order valence-electron chi connectivity index (χ4n) is 3.42. The summed E-state index contributed by atoms with van der Waals surface area (Å²) >= 11 is 9.43. The first-order valence-electron chi connectivity index (χ1n) is 9.01. The second-order valence-electron chi connectivity index (χ2n) is 6.68. The summed E-state index contributed by atoms with van der Waals surface area (Å²) in [5.74, 6) is 0.666. The Labute approximate surface area is 177 Å². The minimum Gasteiger partial charge on any atom is -0.352 e. The van der Waals surface area contributed by atoms with Gasteiger partial charge in [0, 0.05) is 45.3 Å². The summed E-state index contributed by atoms with van der Waals surface area (Å²) < 4.78 is 0.905. The Hall–Kier alpha value is -2.37. The lowest BCUT2D eigenvalue weighted by molar-refractivity contribution is 0.102. The molecular formula is C22H18BrClN3O. The molecule has 0 bridgehead atoms. The van der Waals surface area contributed by atoms with Crippen LogP contribution in [-0.4, -0.2) is 24.0 Å². The number of hydrogen-bond acceptors (Lipinski definition) is 3. The van der Waals surface area contributed by atoms with Crippen LogP contribution in [0.1, 0.15) is 22.3 Å². The maximum absolute atomic E-state index is 13.2. The summed E-state index contributed by atoms with van der Waals surface area (Å²) in [4.78, 5) is 20.3. The predicted octanol–water partition coefficient (Wildman–Crippen LogP) is 5.78. The van der Waals surface area contributed by atoms with Crippen molar-refractivity contribution in [1.82, 2.24) is 4.98 Å². The number of amides is 1. The first-order chi connectivity index (χ1) is 13.5. The largest absolute Gasteiger partial charge is 0.352 e. The number of fused-ring (bicyclic) bond motifs is 1. The van der Waals surface area contributed by atoms with E-state index in [0.717, 1.165) is 46.3 Å². The van der Waals surface area contributed by atoms with Crippen LogP contribution < -0.4 is 10.2 Å². The van der Waals surface area contributed by atoms with Gasteiger partial charge in [0.2, 0.25) is 0 Å². The molecule has 3 aromatic rings. The van der Waals surface area contributed by atoms with E-state index in [1.807, 2.05) is 25.1 Å². The third-order valence-electron chi connectivity index (χ3n) is 4.77. The van der Waals surface area contributed by atoms with Gasteiger partial charge in [0.1, 0.15) is 5.82 Å². The highest BCUT2D eigenvalue weighted by Crippen LogP contribution is 2.31. The molecule has 1 aromatic heterocycles. The van der Waals surface area contributed by atoms with Gasteiger partial charge in [-0.2, -0.15) is 0 Å². The number of nitrogens with one attached hydrogen (secondary N) is 1. The van der Waals surface area contributed by atoms with Crippen molar-refractivity contribution in [1.29, 1.82) is 0 Å². The highest BCUT2D eigenvalue weighted by atomic mass is 79.9. The Bertz CT molecular complexity index is 1080. The van der Waals surface area contributed by atoms with E-state index in [9.17, 15) is 4.79 Å². The van der Waals surface area contributed by atoms with Crippen LogP contribution in [0.4, 0.5) is 11.5 Å². The standard InChI is InChI=1S/C22H18BrClN3O/c1-14-20(22(28)25-17-8-6-16(24)7-9-17)18-13-15(23)5-10-19(18)26-21(14)27-11-3-2-4-12-27/h2-3,5-8,10,13H,4,11-12H2,1H3,(H,25,28). The van der Waals surface area contributed by atoms with Crippen LogP contribution in [-0.2, 0) is 0 Å². The minimum atomic E-state index is -0.185. The van der Waals surface area contributed by atoms with Crippen molar-refractivity contribution in [3.05, 3.63) is 75.2 Å². The lowest BCUT2D eigenvalue weighted by Gasteiger charge is -2.27. The smallest absolute Gasteiger partial charge is 0.256 e. The minimum absolute atomic E-state index is 0.185. The zero-order chi connectivity index (χ0) is 19.7. The average Bonchev–Trinajstić information content (AvgIpc) is 2.70. The van der Waals surface area contributed by atoms with Crippen molar-refractivity contribution >= 4 is 55.8 Å². The number of carbonyl (C=O) groups is 1. The Kier molecular flexibility index (Phi) is 5.38. The number of halogens is 2. The summed E-state index contributed by atoms with van der Waals surface area (Å²) in [5, 5.41) is 4.33. The van der Waals surface area contributed by atoms with Crippen LogP contribution >= 0.6 is 27.5 Å². The lowest BCUT2D eigenvalue weighted by atomic mass is 10.0. The molecule has 4 nitrogen and oxygen atoms in total. The van der Waals surface area contributed by atoms with Gasteiger partial charge in [-0.25, -0.2) is 4.98 Å². The van der Waals surface area contributed by atoms with E-state index in [4.69, 9.17) is 16.6 Å². The van der Waals surface area contributed by atoms with Crippen LogP contribution in [0.15, 0.2) is 53.0 Å². The van der Waals surface area contributed by atoms with Gasteiger partial charge in [0.25, 0.3) is 5.91 Å². The molecule has 1 aliphatic rings. The van der Waals surface area contributed by atoms with Crippen LogP contribution in [0.2, 0.25) is 5.02 Å². The third-order valence-corrected chi connectivity index (χ3v) is 5.50. The normalized spacial score (nSPS) is 13.8. The molecular weight excluding hydrogens is 438 g/mol. The Morgan fingerprint density at radius 1 is 1.29 bits per heavy atom. The number of nitrogens with zero attached hydrogens (tertiary/aromatic N) is 2. The summed E-state index contributed by atoms with van der Waals surface area (Å²) in [6.07, 6.45) is 5.29. The molecule has 4 rings (SSSR count). The van der Waals surface area contributed by atoms with Crippen molar-refractivity contribution in [3.8, 4) is 0 Å². The molecule has 2 aromatic carbocycles.